The molecule has 76 valence electrons. The van der Waals surface area contributed by atoms with Gasteiger partial charge in [0.25, 0.3) is 0 Å². The second-order valence-corrected chi connectivity index (χ2v) is 3.18. The highest BCUT2D eigenvalue weighted by atomic mass is 16.3. The molecule has 0 spiro atoms. The van der Waals surface area contributed by atoms with E-state index in [-0.39, 0.29) is 6.10 Å². The van der Waals surface area contributed by atoms with E-state index in [0.717, 1.165) is 31.4 Å². The van der Waals surface area contributed by atoms with Crippen LogP contribution in [0.25, 0.3) is 0 Å². The quantitative estimate of drug-likeness (QED) is 0.650. The van der Waals surface area contributed by atoms with Gasteiger partial charge in [0.15, 0.2) is 0 Å². The van der Waals surface area contributed by atoms with E-state index in [9.17, 15) is 4.79 Å². The third-order valence-corrected chi connectivity index (χ3v) is 1.97. The van der Waals surface area contributed by atoms with Gasteiger partial charge >= 0.3 is 0 Å². The smallest absolute Gasteiger partial charge is 0.150 e. The van der Waals surface area contributed by atoms with Crippen molar-refractivity contribution in [2.45, 2.75) is 12.5 Å². The van der Waals surface area contributed by atoms with Gasteiger partial charge in [-0.15, -0.1) is 0 Å². The van der Waals surface area contributed by atoms with Crippen molar-refractivity contribution >= 4 is 6.29 Å². The highest BCUT2D eigenvalue weighted by molar-refractivity contribution is 5.74. The molecule has 0 bridgehead atoms. The van der Waals surface area contributed by atoms with Gasteiger partial charge in [0.1, 0.15) is 6.29 Å². The maximum Gasteiger partial charge on any atom is 0.150 e. The fourth-order valence-electron chi connectivity index (χ4n) is 1.17. The summed E-state index contributed by atoms with van der Waals surface area (Å²) in [5.74, 6) is 0. The van der Waals surface area contributed by atoms with E-state index >= 15 is 0 Å². The van der Waals surface area contributed by atoms with Crippen molar-refractivity contribution in [2.75, 3.05) is 13.1 Å². The lowest BCUT2D eigenvalue weighted by molar-refractivity contribution is 0.112. The summed E-state index contributed by atoms with van der Waals surface area (Å²) in [6.07, 6.45) is 1.70. The van der Waals surface area contributed by atoms with Gasteiger partial charge in [-0.1, -0.05) is 30.3 Å². The summed E-state index contributed by atoms with van der Waals surface area (Å²) >= 11 is 0. The van der Waals surface area contributed by atoms with Gasteiger partial charge in [-0.25, -0.2) is 0 Å². The molecular formula is C11H15NO2. The number of aldehydes is 1. The molecule has 1 aliphatic heterocycles. The Bertz CT molecular complexity index is 255. The Balaban J connectivity index is 0.000000146. The summed E-state index contributed by atoms with van der Waals surface area (Å²) in [7, 11) is 0. The van der Waals surface area contributed by atoms with Crippen molar-refractivity contribution in [3.63, 3.8) is 0 Å². The number of hydrogen-bond acceptors (Lipinski definition) is 3. The van der Waals surface area contributed by atoms with Crippen molar-refractivity contribution < 1.29 is 9.90 Å². The molecule has 1 atom stereocenters. The van der Waals surface area contributed by atoms with E-state index in [1.165, 1.54) is 0 Å². The van der Waals surface area contributed by atoms with E-state index in [1.807, 2.05) is 18.2 Å². The first-order chi connectivity index (χ1) is 6.83. The molecule has 0 aromatic heterocycles. The van der Waals surface area contributed by atoms with Crippen molar-refractivity contribution in [2.24, 2.45) is 0 Å². The summed E-state index contributed by atoms with van der Waals surface area (Å²) in [5.41, 5.74) is 0.729. The lowest BCUT2D eigenvalue weighted by atomic mass is 10.2. The topological polar surface area (TPSA) is 49.3 Å². The molecule has 1 aliphatic rings. The van der Waals surface area contributed by atoms with Crippen LogP contribution in [0.15, 0.2) is 30.3 Å². The number of nitrogens with one attached hydrogen (secondary N) is 1. The molecule has 0 amide bonds. The first kappa shape index (κ1) is 10.9. The third kappa shape index (κ3) is 4.16. The van der Waals surface area contributed by atoms with Crippen LogP contribution in [0.5, 0.6) is 0 Å². The number of aliphatic hydroxyl groups is 1. The maximum absolute atomic E-state index is 10.0. The minimum Gasteiger partial charge on any atom is -0.392 e. The van der Waals surface area contributed by atoms with E-state index in [4.69, 9.17) is 5.11 Å². The molecule has 2 rings (SSSR count). The van der Waals surface area contributed by atoms with Crippen LogP contribution in [0.1, 0.15) is 16.8 Å². The van der Waals surface area contributed by atoms with Gasteiger partial charge in [-0.05, 0) is 13.0 Å². The summed E-state index contributed by atoms with van der Waals surface area (Å²) in [6, 6.07) is 9.10. The molecule has 1 aromatic rings. The van der Waals surface area contributed by atoms with Crippen LogP contribution in [0.2, 0.25) is 0 Å². The van der Waals surface area contributed by atoms with Crippen LogP contribution in [0, 0.1) is 0 Å². The Morgan fingerprint density at radius 3 is 2.36 bits per heavy atom. The van der Waals surface area contributed by atoms with E-state index in [0.29, 0.717) is 0 Å². The van der Waals surface area contributed by atoms with Gasteiger partial charge in [-0.2, -0.15) is 0 Å². The van der Waals surface area contributed by atoms with Crippen LogP contribution >= 0.6 is 0 Å². The van der Waals surface area contributed by atoms with Crippen molar-refractivity contribution in [1.29, 1.82) is 0 Å². The molecule has 1 heterocycles. The second-order valence-electron chi connectivity index (χ2n) is 3.18. The zero-order valence-electron chi connectivity index (χ0n) is 8.02. The fourth-order valence-corrected chi connectivity index (χ4v) is 1.17. The Morgan fingerprint density at radius 1 is 1.36 bits per heavy atom. The molecule has 3 heteroatoms. The van der Waals surface area contributed by atoms with Crippen LogP contribution in [0.4, 0.5) is 0 Å². The number of benzene rings is 1. The number of hydrogen-bond donors (Lipinski definition) is 2. The van der Waals surface area contributed by atoms with Crippen molar-refractivity contribution in [3.05, 3.63) is 35.9 Å². The Labute approximate surface area is 83.8 Å². The first-order valence-electron chi connectivity index (χ1n) is 4.72. The molecule has 1 aromatic carbocycles. The predicted octanol–water partition coefficient (Wildman–Crippen LogP) is 0.840. The molecule has 3 nitrogen and oxygen atoms in total. The van der Waals surface area contributed by atoms with Gasteiger partial charge in [0.2, 0.25) is 0 Å². The predicted molar refractivity (Wildman–Crippen MR) is 55.3 cm³/mol. The minimum atomic E-state index is -0.0648. The van der Waals surface area contributed by atoms with Gasteiger partial charge in [0, 0.05) is 12.1 Å². The number of aliphatic hydroxyl groups excluding tert-OH is 1. The van der Waals surface area contributed by atoms with Crippen LogP contribution < -0.4 is 5.32 Å². The molecule has 0 aliphatic carbocycles. The summed E-state index contributed by atoms with van der Waals surface area (Å²) in [6.45, 7) is 1.78. The largest absolute Gasteiger partial charge is 0.392 e. The molecule has 14 heavy (non-hydrogen) atoms. The number of β-amino-alcohol motifs (C(OH)–C–C–N with tert-alkyl or cyclic N) is 1. The minimum absolute atomic E-state index is 0.0648. The zero-order valence-corrected chi connectivity index (χ0v) is 8.02. The lowest BCUT2D eigenvalue weighted by Gasteiger charge is -1.90. The third-order valence-electron chi connectivity index (χ3n) is 1.97. The maximum atomic E-state index is 10.0. The Kier molecular flexibility index (Phi) is 4.89. The number of rotatable bonds is 1. The highest BCUT2D eigenvalue weighted by Gasteiger charge is 2.08. The summed E-state index contributed by atoms with van der Waals surface area (Å²) < 4.78 is 0. The number of carbonyl (C=O) groups excluding carboxylic acids is 1. The molecule has 2 N–H and O–H groups in total. The second kappa shape index (κ2) is 6.29. The average Bonchev–Trinajstić information content (AvgIpc) is 2.71. The van der Waals surface area contributed by atoms with Crippen LogP contribution in [-0.2, 0) is 0 Å². The Morgan fingerprint density at radius 2 is 2.07 bits per heavy atom. The highest BCUT2D eigenvalue weighted by Crippen LogP contribution is 1.93. The van der Waals surface area contributed by atoms with Gasteiger partial charge in [0.05, 0.1) is 6.10 Å². The molecular weight excluding hydrogens is 178 g/mol. The zero-order chi connectivity index (χ0) is 10.2. The average molecular weight is 193 g/mol. The van der Waals surface area contributed by atoms with E-state index < -0.39 is 0 Å². The summed E-state index contributed by atoms with van der Waals surface area (Å²) in [4.78, 5) is 10.0. The first-order valence-corrected chi connectivity index (χ1v) is 4.72. The number of carbonyl (C=O) groups is 1. The molecule has 1 fully saturated rings. The molecule has 1 saturated heterocycles. The molecule has 0 saturated carbocycles. The molecule has 0 radical (unpaired) electrons. The van der Waals surface area contributed by atoms with Crippen LogP contribution in [-0.4, -0.2) is 30.6 Å². The standard InChI is InChI=1S/C7H6O.C4H9NO/c8-6-7-4-2-1-3-5-7;6-4-1-2-5-3-4/h1-6H;4-6H,1-3H2. The van der Waals surface area contributed by atoms with Crippen molar-refractivity contribution in [1.82, 2.24) is 5.32 Å². The van der Waals surface area contributed by atoms with Gasteiger partial charge in [-0.3, -0.25) is 4.79 Å². The normalized spacial score (nSPS) is 19.6. The fraction of sp³-hybridized carbons (Fsp3) is 0.364. The van der Waals surface area contributed by atoms with E-state index in [1.54, 1.807) is 12.1 Å². The van der Waals surface area contributed by atoms with Gasteiger partial charge < -0.3 is 10.4 Å². The monoisotopic (exact) mass is 193 g/mol. The molecule has 1 unspecified atom stereocenters. The lowest BCUT2D eigenvalue weighted by Crippen LogP contribution is -2.11. The van der Waals surface area contributed by atoms with E-state index in [2.05, 4.69) is 5.32 Å². The SMILES string of the molecule is O=Cc1ccccc1.OC1CCNC1. The van der Waals surface area contributed by atoms with Crippen molar-refractivity contribution in [3.8, 4) is 0 Å². The Hall–Kier alpha value is -1.19. The van der Waals surface area contributed by atoms with Crippen LogP contribution in [0.3, 0.4) is 0 Å². The summed E-state index contributed by atoms with van der Waals surface area (Å²) in [5, 5.41) is 11.7.